The molecule has 7 nitrogen and oxygen atoms in total. The van der Waals surface area contributed by atoms with Gasteiger partial charge in [-0.2, -0.15) is 4.31 Å². The van der Waals surface area contributed by atoms with Crippen LogP contribution in [0.3, 0.4) is 0 Å². The Morgan fingerprint density at radius 3 is 2.62 bits per heavy atom. The molecule has 1 aromatic heterocycles. The summed E-state index contributed by atoms with van der Waals surface area (Å²) in [5.74, 6) is 0. The van der Waals surface area contributed by atoms with Crippen LogP contribution in [0.15, 0.2) is 29.2 Å². The average molecular weight is 435 g/mol. The van der Waals surface area contributed by atoms with Gasteiger partial charge in [-0.25, -0.2) is 18.2 Å². The molecular weight excluding hydrogens is 408 g/mol. The highest BCUT2D eigenvalue weighted by Gasteiger charge is 2.30. The Balaban J connectivity index is 1.42. The van der Waals surface area contributed by atoms with Gasteiger partial charge in [0, 0.05) is 23.9 Å². The number of rotatable bonds is 4. The van der Waals surface area contributed by atoms with Crippen molar-refractivity contribution in [3.8, 4) is 0 Å². The van der Waals surface area contributed by atoms with E-state index in [-0.39, 0.29) is 18.6 Å². The summed E-state index contributed by atoms with van der Waals surface area (Å²) in [6.45, 7) is 2.61. The fraction of sp³-hybridized carbons (Fsp3) is 0.500. The van der Waals surface area contributed by atoms with Gasteiger partial charge in [-0.05, 0) is 31.9 Å². The molecule has 2 N–H and O–H groups in total. The van der Waals surface area contributed by atoms with Crippen LogP contribution in [0.25, 0.3) is 0 Å². The number of hydrogen-bond donors (Lipinski definition) is 2. The number of urea groups is 1. The van der Waals surface area contributed by atoms with E-state index < -0.39 is 10.0 Å². The number of benzene rings is 1. The molecule has 1 aliphatic heterocycles. The lowest BCUT2D eigenvalue weighted by Gasteiger charge is -2.25. The van der Waals surface area contributed by atoms with Gasteiger partial charge in [0.1, 0.15) is 0 Å². The van der Waals surface area contributed by atoms with Crippen molar-refractivity contribution in [2.24, 2.45) is 0 Å². The maximum atomic E-state index is 12.9. The highest BCUT2D eigenvalue weighted by atomic mass is 32.2. The molecular formula is C20H26N4O3S2. The fourth-order valence-electron chi connectivity index (χ4n) is 3.86. The van der Waals surface area contributed by atoms with Gasteiger partial charge >= 0.3 is 6.03 Å². The van der Waals surface area contributed by atoms with E-state index in [1.54, 1.807) is 12.1 Å². The lowest BCUT2D eigenvalue weighted by molar-refractivity contribution is 0.244. The summed E-state index contributed by atoms with van der Waals surface area (Å²) in [6.07, 6.45) is 6.13. The van der Waals surface area contributed by atoms with Crippen LogP contribution in [-0.4, -0.2) is 36.3 Å². The highest BCUT2D eigenvalue weighted by molar-refractivity contribution is 7.89. The maximum Gasteiger partial charge on any atom is 0.321 e. The number of aryl methyl sites for hydroxylation is 1. The number of nitrogens with one attached hydrogen (secondary N) is 2. The Kier molecular flexibility index (Phi) is 5.89. The fourth-order valence-corrected chi connectivity index (χ4v) is 6.36. The van der Waals surface area contributed by atoms with Gasteiger partial charge < -0.3 is 5.32 Å². The second-order valence-electron chi connectivity index (χ2n) is 7.72. The molecule has 2 aliphatic rings. The van der Waals surface area contributed by atoms with Crippen LogP contribution in [-0.2, 0) is 23.0 Å². The summed E-state index contributed by atoms with van der Waals surface area (Å²) in [5.41, 5.74) is 1.90. The molecule has 2 amide bonds. The van der Waals surface area contributed by atoms with Crippen molar-refractivity contribution >= 4 is 32.5 Å². The third-order valence-electron chi connectivity index (χ3n) is 5.52. The topological polar surface area (TPSA) is 91.4 Å². The first-order valence-electron chi connectivity index (χ1n) is 10.0. The Labute approximate surface area is 175 Å². The van der Waals surface area contributed by atoms with E-state index in [0.717, 1.165) is 41.8 Å². The van der Waals surface area contributed by atoms with Crippen molar-refractivity contribution in [2.45, 2.75) is 62.9 Å². The minimum atomic E-state index is -3.54. The number of carbonyl (C=O) groups is 1. The van der Waals surface area contributed by atoms with Crippen molar-refractivity contribution in [2.75, 3.05) is 11.9 Å². The summed E-state index contributed by atoms with van der Waals surface area (Å²) in [5, 5.41) is 6.37. The molecule has 0 spiro atoms. The average Bonchev–Trinajstić information content (AvgIpc) is 3.10. The zero-order valence-corrected chi connectivity index (χ0v) is 18.1. The van der Waals surface area contributed by atoms with Crippen molar-refractivity contribution in [1.82, 2.24) is 14.6 Å². The lowest BCUT2D eigenvalue weighted by atomic mass is 9.96. The minimum Gasteiger partial charge on any atom is -0.335 e. The third kappa shape index (κ3) is 4.62. The van der Waals surface area contributed by atoms with Crippen LogP contribution in [0.2, 0.25) is 0 Å². The Hall–Kier alpha value is -1.97. The quantitative estimate of drug-likeness (QED) is 0.768. The van der Waals surface area contributed by atoms with E-state index in [0.29, 0.717) is 23.0 Å². The molecule has 1 aliphatic carbocycles. The molecule has 0 atom stereocenters. The van der Waals surface area contributed by atoms with Crippen LogP contribution < -0.4 is 10.6 Å². The van der Waals surface area contributed by atoms with E-state index in [1.807, 2.05) is 19.1 Å². The van der Waals surface area contributed by atoms with E-state index in [4.69, 9.17) is 0 Å². The maximum absolute atomic E-state index is 12.9. The van der Waals surface area contributed by atoms with Gasteiger partial charge in [0.15, 0.2) is 5.13 Å². The first-order chi connectivity index (χ1) is 13.9. The van der Waals surface area contributed by atoms with Crippen LogP contribution >= 0.6 is 11.3 Å². The predicted molar refractivity (Wildman–Crippen MR) is 114 cm³/mol. The molecule has 2 heterocycles. The standard InChI is InChI=1S/C20H26N4O3S2/c1-14-7-9-16(10-8-14)29(26,27)24-12-11-17-18(13-24)28-20(22-17)23-19(25)21-15-5-3-2-4-6-15/h7-10,15H,2-6,11-13H2,1H3,(H2,21,22,23,25). The number of nitrogens with zero attached hydrogens (tertiary/aromatic N) is 2. The predicted octanol–water partition coefficient (Wildman–Crippen LogP) is 3.65. The van der Waals surface area contributed by atoms with E-state index in [1.165, 1.54) is 22.1 Å². The molecule has 1 fully saturated rings. The van der Waals surface area contributed by atoms with E-state index in [2.05, 4.69) is 15.6 Å². The van der Waals surface area contributed by atoms with Crippen molar-refractivity contribution in [1.29, 1.82) is 0 Å². The highest BCUT2D eigenvalue weighted by Crippen LogP contribution is 2.31. The van der Waals surface area contributed by atoms with E-state index in [9.17, 15) is 13.2 Å². The Morgan fingerprint density at radius 1 is 1.17 bits per heavy atom. The zero-order chi connectivity index (χ0) is 20.4. The summed E-state index contributed by atoms with van der Waals surface area (Å²) < 4.78 is 27.4. The Morgan fingerprint density at radius 2 is 1.90 bits per heavy atom. The van der Waals surface area contributed by atoms with Crippen LogP contribution in [0.4, 0.5) is 9.93 Å². The number of anilines is 1. The molecule has 0 unspecified atom stereocenters. The van der Waals surface area contributed by atoms with Crippen LogP contribution in [0.5, 0.6) is 0 Å². The molecule has 29 heavy (non-hydrogen) atoms. The monoisotopic (exact) mass is 434 g/mol. The lowest BCUT2D eigenvalue weighted by Crippen LogP contribution is -2.39. The van der Waals surface area contributed by atoms with Gasteiger partial charge in [-0.3, -0.25) is 5.32 Å². The number of fused-ring (bicyclic) bond motifs is 1. The molecule has 1 saturated carbocycles. The Bertz CT molecular complexity index is 980. The molecule has 0 bridgehead atoms. The minimum absolute atomic E-state index is 0.230. The van der Waals surface area contributed by atoms with Crippen molar-refractivity contribution < 1.29 is 13.2 Å². The van der Waals surface area contributed by atoms with Gasteiger partial charge in [0.25, 0.3) is 0 Å². The molecule has 0 radical (unpaired) electrons. The molecule has 156 valence electrons. The molecule has 2 aromatic rings. The van der Waals surface area contributed by atoms with Gasteiger partial charge in [-0.1, -0.05) is 48.3 Å². The van der Waals surface area contributed by atoms with Crippen molar-refractivity contribution in [3.63, 3.8) is 0 Å². The summed E-state index contributed by atoms with van der Waals surface area (Å²) in [4.78, 5) is 18.0. The molecule has 4 rings (SSSR count). The van der Waals surface area contributed by atoms with Crippen molar-refractivity contribution in [3.05, 3.63) is 40.4 Å². The summed E-state index contributed by atoms with van der Waals surface area (Å²) in [6, 6.07) is 6.91. The number of hydrogen-bond acceptors (Lipinski definition) is 5. The van der Waals surface area contributed by atoms with Gasteiger partial charge in [-0.15, -0.1) is 0 Å². The molecule has 0 saturated heterocycles. The first-order valence-corrected chi connectivity index (χ1v) is 12.3. The first kappa shape index (κ1) is 20.3. The summed E-state index contributed by atoms with van der Waals surface area (Å²) >= 11 is 1.35. The summed E-state index contributed by atoms with van der Waals surface area (Å²) in [7, 11) is -3.54. The zero-order valence-electron chi connectivity index (χ0n) is 16.5. The van der Waals surface area contributed by atoms with Gasteiger partial charge in [0.2, 0.25) is 10.0 Å². The third-order valence-corrected chi connectivity index (χ3v) is 8.37. The largest absolute Gasteiger partial charge is 0.335 e. The second kappa shape index (κ2) is 8.41. The number of carbonyl (C=O) groups excluding carboxylic acids is 1. The second-order valence-corrected chi connectivity index (χ2v) is 10.7. The van der Waals surface area contributed by atoms with E-state index >= 15 is 0 Å². The SMILES string of the molecule is Cc1ccc(S(=O)(=O)N2CCc3nc(NC(=O)NC4CCCCC4)sc3C2)cc1. The molecule has 1 aromatic carbocycles. The number of sulfonamides is 1. The van der Waals surface area contributed by atoms with Crippen LogP contribution in [0.1, 0.15) is 48.2 Å². The smallest absolute Gasteiger partial charge is 0.321 e. The number of thiazole rings is 1. The normalized spacial score (nSPS) is 18.2. The van der Waals surface area contributed by atoms with Gasteiger partial charge in [0.05, 0.1) is 17.1 Å². The number of amides is 2. The van der Waals surface area contributed by atoms with Crippen LogP contribution in [0, 0.1) is 6.92 Å². The number of aromatic nitrogens is 1. The molecule has 9 heteroatoms.